The third-order valence-electron chi connectivity index (χ3n) is 4.15. The molecule has 5 heteroatoms. The average molecular weight is 274 g/mol. The van der Waals surface area contributed by atoms with Crippen LogP contribution in [-0.2, 0) is 11.2 Å². The Morgan fingerprint density at radius 2 is 2.25 bits per heavy atom. The van der Waals surface area contributed by atoms with Crippen molar-refractivity contribution in [3.63, 3.8) is 0 Å². The van der Waals surface area contributed by atoms with Gasteiger partial charge in [-0.1, -0.05) is 6.07 Å². The minimum absolute atomic E-state index is 0.111. The molecule has 0 spiro atoms. The number of anilines is 1. The minimum atomic E-state index is -0.952. The quantitative estimate of drug-likeness (QED) is 0.871. The Hall–Kier alpha value is -1.88. The van der Waals surface area contributed by atoms with Crippen molar-refractivity contribution in [2.75, 3.05) is 24.5 Å². The summed E-state index contributed by atoms with van der Waals surface area (Å²) in [5, 5.41) is 12.3. The first-order chi connectivity index (χ1) is 9.65. The van der Waals surface area contributed by atoms with E-state index >= 15 is 0 Å². The molecule has 20 heavy (non-hydrogen) atoms. The van der Waals surface area contributed by atoms with Crippen molar-refractivity contribution in [3.05, 3.63) is 29.3 Å². The molecule has 0 bridgehead atoms. The van der Waals surface area contributed by atoms with Crippen LogP contribution >= 0.6 is 0 Å². The van der Waals surface area contributed by atoms with E-state index in [-0.39, 0.29) is 11.5 Å². The first-order valence-electron chi connectivity index (χ1n) is 7.02. The number of hydrogen-bond acceptors (Lipinski definition) is 3. The normalized spacial score (nSPS) is 21.0. The van der Waals surface area contributed by atoms with Crippen LogP contribution in [0.15, 0.2) is 18.2 Å². The highest BCUT2D eigenvalue weighted by Crippen LogP contribution is 2.30. The summed E-state index contributed by atoms with van der Waals surface area (Å²) in [6.45, 7) is 2.55. The van der Waals surface area contributed by atoms with Gasteiger partial charge in [-0.15, -0.1) is 0 Å². The summed E-state index contributed by atoms with van der Waals surface area (Å²) in [4.78, 5) is 25.2. The topological polar surface area (TPSA) is 69.6 Å². The molecule has 0 aromatic heterocycles. The lowest BCUT2D eigenvalue weighted by Gasteiger charge is -2.19. The van der Waals surface area contributed by atoms with Crippen LogP contribution in [0, 0.1) is 5.92 Å². The first-order valence-corrected chi connectivity index (χ1v) is 7.02. The standard InChI is InChI=1S/C15H18N2O3/c18-14(7-10-3-5-16-9-10)17-6-4-11-1-2-12(15(19)20)8-13(11)17/h1-2,8,10,16H,3-7,9H2,(H,19,20). The third-order valence-corrected chi connectivity index (χ3v) is 4.15. The lowest BCUT2D eigenvalue weighted by molar-refractivity contribution is -0.119. The fraction of sp³-hybridized carbons (Fsp3) is 0.467. The molecule has 2 heterocycles. The lowest BCUT2D eigenvalue weighted by Crippen LogP contribution is -2.31. The van der Waals surface area contributed by atoms with Gasteiger partial charge in [0.2, 0.25) is 5.91 Å². The Bertz CT molecular complexity index is 550. The molecule has 1 saturated heterocycles. The molecule has 0 aliphatic carbocycles. The molecule has 3 rings (SSSR count). The number of hydrogen-bond donors (Lipinski definition) is 2. The molecule has 106 valence electrons. The first kappa shape index (κ1) is 13.1. The molecule has 0 saturated carbocycles. The Labute approximate surface area is 117 Å². The second kappa shape index (κ2) is 5.25. The Morgan fingerprint density at radius 3 is 2.95 bits per heavy atom. The number of fused-ring (bicyclic) bond motifs is 1. The maximum absolute atomic E-state index is 12.4. The van der Waals surface area contributed by atoms with Gasteiger partial charge < -0.3 is 15.3 Å². The fourth-order valence-corrected chi connectivity index (χ4v) is 3.02. The van der Waals surface area contributed by atoms with Crippen LogP contribution < -0.4 is 10.2 Å². The van der Waals surface area contributed by atoms with Crippen molar-refractivity contribution >= 4 is 17.6 Å². The molecule has 2 aliphatic heterocycles. The lowest BCUT2D eigenvalue weighted by atomic mass is 10.0. The van der Waals surface area contributed by atoms with Gasteiger partial charge in [0.15, 0.2) is 0 Å². The molecule has 1 aromatic rings. The van der Waals surface area contributed by atoms with Crippen LogP contribution in [0.1, 0.15) is 28.8 Å². The number of benzene rings is 1. The van der Waals surface area contributed by atoms with Crippen LogP contribution in [-0.4, -0.2) is 36.6 Å². The van der Waals surface area contributed by atoms with E-state index in [9.17, 15) is 9.59 Å². The number of carbonyl (C=O) groups excluding carboxylic acids is 1. The maximum Gasteiger partial charge on any atom is 0.335 e. The van der Waals surface area contributed by atoms with E-state index in [4.69, 9.17) is 5.11 Å². The van der Waals surface area contributed by atoms with Crippen molar-refractivity contribution in [1.82, 2.24) is 5.32 Å². The number of aromatic carboxylic acids is 1. The number of nitrogens with zero attached hydrogens (tertiary/aromatic N) is 1. The molecule has 1 atom stereocenters. The predicted octanol–water partition coefficient (Wildman–Crippen LogP) is 1.27. The molecule has 5 nitrogen and oxygen atoms in total. The number of nitrogens with one attached hydrogen (secondary N) is 1. The number of carboxylic acids is 1. The van der Waals surface area contributed by atoms with E-state index < -0.39 is 5.97 Å². The second-order valence-corrected chi connectivity index (χ2v) is 5.51. The molecule has 0 radical (unpaired) electrons. The largest absolute Gasteiger partial charge is 0.478 e. The highest BCUT2D eigenvalue weighted by Gasteiger charge is 2.28. The molecule has 1 amide bonds. The summed E-state index contributed by atoms with van der Waals surface area (Å²) in [5.41, 5.74) is 2.08. The highest BCUT2D eigenvalue weighted by molar-refractivity contribution is 5.97. The van der Waals surface area contributed by atoms with E-state index in [2.05, 4.69) is 5.32 Å². The monoisotopic (exact) mass is 274 g/mol. The predicted molar refractivity (Wildman–Crippen MR) is 75.1 cm³/mol. The Kier molecular flexibility index (Phi) is 3.44. The van der Waals surface area contributed by atoms with Gasteiger partial charge in [-0.25, -0.2) is 4.79 Å². The molecule has 2 aliphatic rings. The van der Waals surface area contributed by atoms with E-state index in [0.717, 1.165) is 37.2 Å². The average Bonchev–Trinajstić information content (AvgIpc) is 3.06. The maximum atomic E-state index is 12.4. The summed E-state index contributed by atoms with van der Waals surface area (Å²) in [6.07, 6.45) is 2.40. The molecule has 1 unspecified atom stereocenters. The van der Waals surface area contributed by atoms with Crippen LogP contribution in [0.4, 0.5) is 5.69 Å². The van der Waals surface area contributed by atoms with Crippen LogP contribution in [0.5, 0.6) is 0 Å². The van der Waals surface area contributed by atoms with Gasteiger partial charge in [0.1, 0.15) is 0 Å². The van der Waals surface area contributed by atoms with Crippen molar-refractivity contribution < 1.29 is 14.7 Å². The summed E-state index contributed by atoms with van der Waals surface area (Å²) < 4.78 is 0. The summed E-state index contributed by atoms with van der Waals surface area (Å²) in [5.74, 6) is -0.429. The van der Waals surface area contributed by atoms with Gasteiger partial charge in [0, 0.05) is 18.7 Å². The number of amides is 1. The van der Waals surface area contributed by atoms with Gasteiger partial charge in [-0.05, 0) is 49.5 Å². The molecular weight excluding hydrogens is 256 g/mol. The number of rotatable bonds is 3. The van der Waals surface area contributed by atoms with Gasteiger partial charge in [-0.2, -0.15) is 0 Å². The molecule has 1 fully saturated rings. The van der Waals surface area contributed by atoms with Gasteiger partial charge in [0.05, 0.1) is 5.56 Å². The SMILES string of the molecule is O=C(O)c1ccc2c(c1)N(C(=O)CC1CCNC1)CC2. The summed E-state index contributed by atoms with van der Waals surface area (Å²) >= 11 is 0. The third kappa shape index (κ3) is 2.41. The number of carboxylic acid groups (broad SMARTS) is 1. The van der Waals surface area contributed by atoms with E-state index in [0.29, 0.717) is 18.9 Å². The number of carbonyl (C=O) groups is 2. The van der Waals surface area contributed by atoms with E-state index in [1.54, 1.807) is 17.0 Å². The van der Waals surface area contributed by atoms with Crippen LogP contribution in [0.3, 0.4) is 0 Å². The molecule has 1 aromatic carbocycles. The van der Waals surface area contributed by atoms with Crippen LogP contribution in [0.2, 0.25) is 0 Å². The zero-order chi connectivity index (χ0) is 14.1. The van der Waals surface area contributed by atoms with Gasteiger partial charge >= 0.3 is 5.97 Å². The van der Waals surface area contributed by atoms with Crippen molar-refractivity contribution in [2.45, 2.75) is 19.3 Å². The van der Waals surface area contributed by atoms with E-state index in [1.165, 1.54) is 0 Å². The fourth-order valence-electron chi connectivity index (χ4n) is 3.02. The van der Waals surface area contributed by atoms with Crippen molar-refractivity contribution in [1.29, 1.82) is 0 Å². The van der Waals surface area contributed by atoms with E-state index in [1.807, 2.05) is 6.07 Å². The van der Waals surface area contributed by atoms with Crippen molar-refractivity contribution in [2.24, 2.45) is 5.92 Å². The van der Waals surface area contributed by atoms with Gasteiger partial charge in [0.25, 0.3) is 0 Å². The zero-order valence-electron chi connectivity index (χ0n) is 11.3. The minimum Gasteiger partial charge on any atom is -0.478 e. The smallest absolute Gasteiger partial charge is 0.335 e. The molecule has 2 N–H and O–H groups in total. The Balaban J connectivity index is 1.78. The van der Waals surface area contributed by atoms with Crippen molar-refractivity contribution in [3.8, 4) is 0 Å². The zero-order valence-corrected chi connectivity index (χ0v) is 11.3. The Morgan fingerprint density at radius 1 is 1.40 bits per heavy atom. The van der Waals surface area contributed by atoms with Gasteiger partial charge in [-0.3, -0.25) is 4.79 Å². The highest BCUT2D eigenvalue weighted by atomic mass is 16.4. The summed E-state index contributed by atoms with van der Waals surface area (Å²) in [6, 6.07) is 5.05. The van der Waals surface area contributed by atoms with Crippen LogP contribution in [0.25, 0.3) is 0 Å². The second-order valence-electron chi connectivity index (χ2n) is 5.51. The molecular formula is C15H18N2O3. The summed E-state index contributed by atoms with van der Waals surface area (Å²) in [7, 11) is 0.